The van der Waals surface area contributed by atoms with Crippen molar-refractivity contribution in [1.82, 2.24) is 10.2 Å². The van der Waals surface area contributed by atoms with Gasteiger partial charge in [0.25, 0.3) is 0 Å². The summed E-state index contributed by atoms with van der Waals surface area (Å²) < 4.78 is 0. The molecule has 2 rings (SSSR count). The Hall–Kier alpha value is -1.59. The highest BCUT2D eigenvalue weighted by molar-refractivity contribution is 5.85. The van der Waals surface area contributed by atoms with Gasteiger partial charge in [-0.05, 0) is 31.5 Å². The van der Waals surface area contributed by atoms with Crippen LogP contribution in [0, 0.1) is 0 Å². The van der Waals surface area contributed by atoms with Gasteiger partial charge >= 0.3 is 0 Å². The summed E-state index contributed by atoms with van der Waals surface area (Å²) in [5, 5.41) is 2.96. The van der Waals surface area contributed by atoms with E-state index in [-0.39, 0.29) is 36.8 Å². The second-order valence-corrected chi connectivity index (χ2v) is 6.29. The molecule has 2 unspecified atom stereocenters. The summed E-state index contributed by atoms with van der Waals surface area (Å²) in [5.41, 5.74) is 8.35. The molecule has 0 heterocycles. The molecule has 0 aliphatic rings. The number of likely N-dealkylation sites (N-methyl/N-ethyl adjacent to an activating group) is 1. The highest BCUT2D eigenvalue weighted by atomic mass is 35.5. The van der Waals surface area contributed by atoms with Crippen molar-refractivity contribution in [3.8, 4) is 0 Å². The maximum absolute atomic E-state index is 12.2. The summed E-state index contributed by atoms with van der Waals surface area (Å²) in [6, 6.07) is 19.9. The maximum atomic E-state index is 12.2. The van der Waals surface area contributed by atoms with Gasteiger partial charge in [0.2, 0.25) is 5.91 Å². The summed E-state index contributed by atoms with van der Waals surface area (Å²) in [5.74, 6) is -0.0983. The number of amides is 1. The molecule has 0 bridgehead atoms. The van der Waals surface area contributed by atoms with Gasteiger partial charge in [-0.3, -0.25) is 9.69 Å². The average Bonchev–Trinajstić information content (AvgIpc) is 2.61. The largest absolute Gasteiger partial charge is 0.353 e. The lowest BCUT2D eigenvalue weighted by Gasteiger charge is -2.25. The molecule has 3 N–H and O–H groups in total. The first-order valence-electron chi connectivity index (χ1n) is 8.37. The number of hydrogen-bond acceptors (Lipinski definition) is 3. The lowest BCUT2D eigenvalue weighted by atomic mass is 10.1. The zero-order chi connectivity index (χ0) is 17.4. The molecule has 4 nitrogen and oxygen atoms in total. The van der Waals surface area contributed by atoms with E-state index in [2.05, 4.69) is 36.3 Å². The number of carbonyl (C=O) groups excluding carboxylic acids is 1. The van der Waals surface area contributed by atoms with Gasteiger partial charge < -0.3 is 11.1 Å². The normalized spacial score (nSPS) is 12.5. The predicted molar refractivity (Wildman–Crippen MR) is 113 cm³/mol. The molecule has 0 saturated heterocycles. The van der Waals surface area contributed by atoms with Gasteiger partial charge in [-0.15, -0.1) is 24.8 Å². The summed E-state index contributed by atoms with van der Waals surface area (Å²) in [7, 11) is 2.06. The van der Waals surface area contributed by atoms with E-state index in [4.69, 9.17) is 5.73 Å². The highest BCUT2D eigenvalue weighted by Gasteiger charge is 2.16. The number of hydrogen-bond donors (Lipinski definition) is 2. The lowest BCUT2D eigenvalue weighted by Crippen LogP contribution is -2.46. The molecule has 2 aromatic rings. The van der Waals surface area contributed by atoms with E-state index in [0.717, 1.165) is 12.1 Å². The van der Waals surface area contributed by atoms with Gasteiger partial charge in [-0.1, -0.05) is 60.7 Å². The summed E-state index contributed by atoms with van der Waals surface area (Å²) >= 11 is 0. The van der Waals surface area contributed by atoms with E-state index in [1.807, 2.05) is 48.5 Å². The molecule has 1 amide bonds. The van der Waals surface area contributed by atoms with E-state index in [9.17, 15) is 4.79 Å². The van der Waals surface area contributed by atoms with Gasteiger partial charge in [-0.25, -0.2) is 0 Å². The van der Waals surface area contributed by atoms with Crippen molar-refractivity contribution in [1.29, 1.82) is 0 Å². The Balaban J connectivity index is 0.00000312. The van der Waals surface area contributed by atoms with Crippen molar-refractivity contribution in [2.75, 3.05) is 13.6 Å². The second kappa shape index (κ2) is 12.7. The number of benzene rings is 2. The van der Waals surface area contributed by atoms with Crippen LogP contribution in [-0.2, 0) is 17.8 Å². The molecule has 26 heavy (non-hydrogen) atoms. The van der Waals surface area contributed by atoms with E-state index < -0.39 is 6.04 Å². The zero-order valence-corrected chi connectivity index (χ0v) is 16.9. The fourth-order valence-corrected chi connectivity index (χ4v) is 2.52. The first-order chi connectivity index (χ1) is 11.6. The Morgan fingerprint density at radius 2 is 1.50 bits per heavy atom. The highest BCUT2D eigenvalue weighted by Crippen LogP contribution is 2.06. The van der Waals surface area contributed by atoms with Crippen LogP contribution in [0.2, 0.25) is 0 Å². The van der Waals surface area contributed by atoms with Crippen LogP contribution in [0.3, 0.4) is 0 Å². The Labute approximate surface area is 169 Å². The number of carbonyl (C=O) groups is 1. The number of rotatable bonds is 8. The van der Waals surface area contributed by atoms with Crippen molar-refractivity contribution >= 4 is 30.7 Å². The molecule has 144 valence electrons. The van der Waals surface area contributed by atoms with Gasteiger partial charge in [-0.2, -0.15) is 0 Å². The van der Waals surface area contributed by atoms with Gasteiger partial charge in [0.05, 0.1) is 6.04 Å². The van der Waals surface area contributed by atoms with Gasteiger partial charge in [0.1, 0.15) is 0 Å². The number of nitrogens with zero attached hydrogens (tertiary/aromatic N) is 1. The van der Waals surface area contributed by atoms with Crippen LogP contribution in [-0.4, -0.2) is 36.5 Å². The van der Waals surface area contributed by atoms with Crippen LogP contribution in [0.4, 0.5) is 0 Å². The standard InChI is InChI=1S/C20H27N3O.2ClH/c1-16(23(2)15-18-11-7-4-8-12-18)14-22-20(24)19(21)13-17-9-5-3-6-10-17;;/h3-12,16,19H,13-15,21H2,1-2H3,(H,22,24);2*1H. The molecule has 0 spiro atoms. The van der Waals surface area contributed by atoms with Crippen molar-refractivity contribution in [3.63, 3.8) is 0 Å². The minimum Gasteiger partial charge on any atom is -0.353 e. The Morgan fingerprint density at radius 1 is 1.00 bits per heavy atom. The minimum atomic E-state index is -0.515. The topological polar surface area (TPSA) is 58.4 Å². The minimum absolute atomic E-state index is 0. The lowest BCUT2D eigenvalue weighted by molar-refractivity contribution is -0.122. The molecular weight excluding hydrogens is 369 g/mol. The van der Waals surface area contributed by atoms with Crippen LogP contribution < -0.4 is 11.1 Å². The molecule has 0 fully saturated rings. The molecule has 0 saturated carbocycles. The van der Waals surface area contributed by atoms with Crippen LogP contribution >= 0.6 is 24.8 Å². The summed E-state index contributed by atoms with van der Waals surface area (Å²) in [6.45, 7) is 3.55. The molecule has 0 aromatic heterocycles. The van der Waals surface area contributed by atoms with Crippen LogP contribution in [0.15, 0.2) is 60.7 Å². The molecule has 0 aliphatic heterocycles. The van der Waals surface area contributed by atoms with Crippen molar-refractivity contribution in [2.45, 2.75) is 32.0 Å². The molecule has 6 heteroatoms. The Kier molecular flexibility index (Phi) is 11.9. The molecule has 0 aliphatic carbocycles. The maximum Gasteiger partial charge on any atom is 0.237 e. The monoisotopic (exact) mass is 397 g/mol. The van der Waals surface area contributed by atoms with Gasteiger partial charge in [0, 0.05) is 19.1 Å². The van der Waals surface area contributed by atoms with E-state index >= 15 is 0 Å². The fraction of sp³-hybridized carbons (Fsp3) is 0.350. The third-order valence-corrected chi connectivity index (χ3v) is 4.23. The Bertz CT molecular complexity index is 625. The quantitative estimate of drug-likeness (QED) is 0.719. The zero-order valence-electron chi connectivity index (χ0n) is 15.3. The van der Waals surface area contributed by atoms with Crippen molar-refractivity contribution in [3.05, 3.63) is 71.8 Å². The molecular formula is C20H29Cl2N3O. The molecule has 0 radical (unpaired) electrons. The third kappa shape index (κ3) is 8.19. The molecule has 2 aromatic carbocycles. The van der Waals surface area contributed by atoms with Crippen molar-refractivity contribution < 1.29 is 4.79 Å². The number of nitrogens with one attached hydrogen (secondary N) is 1. The van der Waals surface area contributed by atoms with E-state index in [0.29, 0.717) is 13.0 Å². The Morgan fingerprint density at radius 3 is 2.04 bits per heavy atom. The van der Waals surface area contributed by atoms with Crippen LogP contribution in [0.25, 0.3) is 0 Å². The second-order valence-electron chi connectivity index (χ2n) is 6.29. The first-order valence-corrected chi connectivity index (χ1v) is 8.37. The smallest absolute Gasteiger partial charge is 0.237 e. The van der Waals surface area contributed by atoms with Crippen LogP contribution in [0.1, 0.15) is 18.1 Å². The SMILES string of the molecule is CC(CNC(=O)C(N)Cc1ccccc1)N(C)Cc1ccccc1.Cl.Cl. The van der Waals surface area contributed by atoms with Gasteiger partial charge in [0.15, 0.2) is 0 Å². The summed E-state index contributed by atoms with van der Waals surface area (Å²) in [6.07, 6.45) is 0.556. The number of nitrogens with two attached hydrogens (primary N) is 1. The third-order valence-electron chi connectivity index (χ3n) is 4.23. The van der Waals surface area contributed by atoms with Crippen LogP contribution in [0.5, 0.6) is 0 Å². The molecule has 2 atom stereocenters. The predicted octanol–water partition coefficient (Wildman–Crippen LogP) is 3.04. The van der Waals surface area contributed by atoms with E-state index in [1.165, 1.54) is 5.56 Å². The number of halogens is 2. The first kappa shape index (κ1) is 24.4. The average molecular weight is 398 g/mol. The fourth-order valence-electron chi connectivity index (χ4n) is 2.52. The summed E-state index contributed by atoms with van der Waals surface area (Å²) in [4.78, 5) is 14.4. The van der Waals surface area contributed by atoms with Crippen molar-refractivity contribution in [2.24, 2.45) is 5.73 Å². The van der Waals surface area contributed by atoms with E-state index in [1.54, 1.807) is 0 Å².